The number of amides is 1. The molecule has 0 aromatic heterocycles. The van der Waals surface area contributed by atoms with E-state index in [0.29, 0.717) is 11.1 Å². The molecule has 1 N–H and O–H groups in total. The number of halogens is 1. The van der Waals surface area contributed by atoms with Gasteiger partial charge < -0.3 is 10.2 Å². The summed E-state index contributed by atoms with van der Waals surface area (Å²) in [6.07, 6.45) is 0.894. The highest BCUT2D eigenvalue weighted by Gasteiger charge is 2.37. The summed E-state index contributed by atoms with van der Waals surface area (Å²) in [7, 11) is -1.93. The van der Waals surface area contributed by atoms with Crippen molar-refractivity contribution >= 4 is 44.8 Å². The van der Waals surface area contributed by atoms with Gasteiger partial charge in [0.15, 0.2) is 0 Å². The van der Waals surface area contributed by atoms with Gasteiger partial charge >= 0.3 is 0 Å². The first kappa shape index (κ1) is 18.0. The van der Waals surface area contributed by atoms with E-state index >= 15 is 0 Å². The molecule has 2 heterocycles. The van der Waals surface area contributed by atoms with Crippen molar-refractivity contribution in [3.8, 4) is 0 Å². The van der Waals surface area contributed by atoms with E-state index in [-0.39, 0.29) is 35.8 Å². The van der Waals surface area contributed by atoms with Gasteiger partial charge in [-0.25, -0.2) is 8.42 Å². The highest BCUT2D eigenvalue weighted by molar-refractivity contribution is 7.93. The van der Waals surface area contributed by atoms with Crippen molar-refractivity contribution in [2.75, 3.05) is 31.0 Å². The largest absolute Gasteiger partial charge is 0.340 e. The predicted molar refractivity (Wildman–Crippen MR) is 99.8 cm³/mol. The molecular formula is C17H20ClN3O3S. The minimum Gasteiger partial charge on any atom is -0.340 e. The smallest absolute Gasteiger partial charge is 0.265 e. The molecule has 25 heavy (non-hydrogen) atoms. The molecule has 0 radical (unpaired) electrons. The van der Waals surface area contributed by atoms with Gasteiger partial charge in [-0.1, -0.05) is 24.3 Å². The summed E-state index contributed by atoms with van der Waals surface area (Å²) >= 11 is 0. The Labute approximate surface area is 153 Å². The molecule has 1 saturated heterocycles. The van der Waals surface area contributed by atoms with Gasteiger partial charge in [-0.05, 0) is 30.5 Å². The number of nitrogens with one attached hydrogen (secondary N) is 1. The Hall–Kier alpha value is -1.83. The van der Waals surface area contributed by atoms with Crippen LogP contribution in [0.25, 0.3) is 10.8 Å². The van der Waals surface area contributed by atoms with Gasteiger partial charge in [-0.2, -0.15) is 0 Å². The molecule has 0 bridgehead atoms. The Kier molecular flexibility index (Phi) is 4.66. The van der Waals surface area contributed by atoms with Gasteiger partial charge in [-0.3, -0.25) is 9.10 Å². The van der Waals surface area contributed by atoms with Crippen LogP contribution >= 0.6 is 12.4 Å². The van der Waals surface area contributed by atoms with E-state index in [1.54, 1.807) is 30.1 Å². The van der Waals surface area contributed by atoms with Gasteiger partial charge in [0, 0.05) is 25.0 Å². The van der Waals surface area contributed by atoms with Gasteiger partial charge in [0.05, 0.1) is 10.6 Å². The van der Waals surface area contributed by atoms with Gasteiger partial charge in [0.2, 0.25) is 5.91 Å². The molecule has 1 amide bonds. The minimum atomic E-state index is -3.68. The maximum absolute atomic E-state index is 12.9. The van der Waals surface area contributed by atoms with E-state index < -0.39 is 10.0 Å². The van der Waals surface area contributed by atoms with Crippen molar-refractivity contribution in [1.82, 2.24) is 10.2 Å². The van der Waals surface area contributed by atoms with Crippen LogP contribution in [-0.4, -0.2) is 51.9 Å². The molecule has 1 atom stereocenters. The molecule has 134 valence electrons. The van der Waals surface area contributed by atoms with E-state index in [9.17, 15) is 13.2 Å². The second-order valence-corrected chi connectivity index (χ2v) is 8.13. The second-order valence-electron chi connectivity index (χ2n) is 6.29. The molecule has 0 spiro atoms. The number of hydrogen-bond donors (Lipinski definition) is 1. The van der Waals surface area contributed by atoms with Crippen LogP contribution < -0.4 is 9.62 Å². The van der Waals surface area contributed by atoms with E-state index in [0.717, 1.165) is 24.9 Å². The molecule has 2 aliphatic heterocycles. The number of benzene rings is 2. The number of sulfonamides is 1. The van der Waals surface area contributed by atoms with E-state index in [2.05, 4.69) is 5.32 Å². The fourth-order valence-electron chi connectivity index (χ4n) is 3.54. The van der Waals surface area contributed by atoms with Crippen molar-refractivity contribution in [3.05, 3.63) is 36.4 Å². The number of anilines is 1. The molecule has 1 unspecified atom stereocenters. The summed E-state index contributed by atoms with van der Waals surface area (Å²) in [6.45, 7) is 1.48. The Balaban J connectivity index is 0.00000182. The van der Waals surface area contributed by atoms with Crippen LogP contribution in [0.1, 0.15) is 6.42 Å². The molecule has 8 heteroatoms. The van der Waals surface area contributed by atoms with Gasteiger partial charge in [0.25, 0.3) is 10.0 Å². The SMILES string of the molecule is CN(C(=O)CN1c2cccc3cccc(c23)S1(=O)=O)C1CCNC1.Cl. The summed E-state index contributed by atoms with van der Waals surface area (Å²) in [5.74, 6) is -0.183. The zero-order valence-corrected chi connectivity index (χ0v) is 15.4. The molecule has 1 fully saturated rings. The third-order valence-corrected chi connectivity index (χ3v) is 6.74. The van der Waals surface area contributed by atoms with Gasteiger partial charge in [0.1, 0.15) is 6.54 Å². The topological polar surface area (TPSA) is 69.7 Å². The van der Waals surface area contributed by atoms with Crippen LogP contribution in [0.15, 0.2) is 41.3 Å². The summed E-state index contributed by atoms with van der Waals surface area (Å²) in [4.78, 5) is 14.6. The Morgan fingerprint density at radius 1 is 1.28 bits per heavy atom. The zero-order chi connectivity index (χ0) is 16.9. The first-order valence-corrected chi connectivity index (χ1v) is 9.45. The van der Waals surface area contributed by atoms with Crippen molar-refractivity contribution < 1.29 is 13.2 Å². The Morgan fingerprint density at radius 2 is 2.00 bits per heavy atom. The molecule has 0 saturated carbocycles. The fraction of sp³-hybridized carbons (Fsp3) is 0.353. The lowest BCUT2D eigenvalue weighted by Crippen LogP contribution is -2.45. The third-order valence-electron chi connectivity index (χ3n) is 4.94. The Bertz CT molecular complexity index is 921. The van der Waals surface area contributed by atoms with E-state index in [4.69, 9.17) is 0 Å². The average molecular weight is 382 g/mol. The number of likely N-dealkylation sites (N-methyl/N-ethyl adjacent to an activating group) is 1. The van der Waals surface area contributed by atoms with Crippen LogP contribution in [0.2, 0.25) is 0 Å². The average Bonchev–Trinajstić information content (AvgIpc) is 3.18. The van der Waals surface area contributed by atoms with Crippen molar-refractivity contribution in [3.63, 3.8) is 0 Å². The van der Waals surface area contributed by atoms with Crippen LogP contribution in [0.5, 0.6) is 0 Å². The lowest BCUT2D eigenvalue weighted by Gasteiger charge is -2.27. The fourth-order valence-corrected chi connectivity index (χ4v) is 5.20. The molecule has 2 aromatic rings. The summed E-state index contributed by atoms with van der Waals surface area (Å²) in [6, 6.07) is 10.8. The normalized spacial score (nSPS) is 20.5. The summed E-state index contributed by atoms with van der Waals surface area (Å²) in [5, 5.41) is 4.80. The quantitative estimate of drug-likeness (QED) is 0.876. The monoisotopic (exact) mass is 381 g/mol. The van der Waals surface area contributed by atoms with E-state index in [1.807, 2.05) is 18.2 Å². The number of nitrogens with zero attached hydrogens (tertiary/aromatic N) is 2. The summed E-state index contributed by atoms with van der Waals surface area (Å²) in [5.41, 5.74) is 0.592. The first-order chi connectivity index (χ1) is 11.5. The van der Waals surface area contributed by atoms with Crippen molar-refractivity contribution in [2.45, 2.75) is 17.4 Å². The lowest BCUT2D eigenvalue weighted by molar-refractivity contribution is -0.129. The first-order valence-electron chi connectivity index (χ1n) is 8.01. The van der Waals surface area contributed by atoms with Crippen LogP contribution in [0.4, 0.5) is 5.69 Å². The van der Waals surface area contributed by atoms with Crippen LogP contribution in [-0.2, 0) is 14.8 Å². The van der Waals surface area contributed by atoms with Crippen LogP contribution in [0, 0.1) is 0 Å². The molecule has 2 aromatic carbocycles. The maximum atomic E-state index is 12.9. The highest BCUT2D eigenvalue weighted by atomic mass is 35.5. The van der Waals surface area contributed by atoms with Crippen molar-refractivity contribution in [2.24, 2.45) is 0 Å². The summed E-state index contributed by atoms with van der Waals surface area (Å²) < 4.78 is 27.0. The standard InChI is InChI=1S/C17H19N3O3S.ClH/c1-19(13-8-9-18-10-13)16(21)11-20-14-6-2-4-12-5-3-7-15(17(12)14)24(20,22)23;/h2-7,13,18H,8-11H2,1H3;1H. The van der Waals surface area contributed by atoms with Gasteiger partial charge in [-0.15, -0.1) is 12.4 Å². The minimum absolute atomic E-state index is 0. The van der Waals surface area contributed by atoms with Crippen molar-refractivity contribution in [1.29, 1.82) is 0 Å². The molecule has 6 nitrogen and oxygen atoms in total. The maximum Gasteiger partial charge on any atom is 0.265 e. The second kappa shape index (κ2) is 6.48. The number of hydrogen-bond acceptors (Lipinski definition) is 4. The molecule has 0 aliphatic carbocycles. The number of carbonyl (C=O) groups is 1. The molecule has 2 aliphatic rings. The lowest BCUT2D eigenvalue weighted by atomic mass is 10.1. The zero-order valence-electron chi connectivity index (χ0n) is 13.8. The molecular weight excluding hydrogens is 362 g/mol. The van der Waals surface area contributed by atoms with E-state index in [1.165, 1.54) is 4.31 Å². The molecule has 4 rings (SSSR count). The Morgan fingerprint density at radius 3 is 2.68 bits per heavy atom. The highest BCUT2D eigenvalue weighted by Crippen LogP contribution is 2.41. The number of rotatable bonds is 3. The predicted octanol–water partition coefficient (Wildman–Crippen LogP) is 1.59. The van der Waals surface area contributed by atoms with Crippen LogP contribution in [0.3, 0.4) is 0 Å². The third kappa shape index (κ3) is 2.76. The number of carbonyl (C=O) groups excluding carboxylic acids is 1.